The molecular formula is C18H17N3O4. The molecule has 2 aliphatic rings. The third-order valence-corrected chi connectivity index (χ3v) is 4.78. The van der Waals surface area contributed by atoms with Crippen LogP contribution in [0.2, 0.25) is 0 Å². The molecule has 1 aromatic carbocycles. The maximum Gasteiger partial charge on any atom is 0.306 e. The number of carbonyl (C=O) groups is 1. The third-order valence-electron chi connectivity index (χ3n) is 4.78. The van der Waals surface area contributed by atoms with Crippen LogP contribution in [0.15, 0.2) is 18.3 Å². The second-order valence-corrected chi connectivity index (χ2v) is 6.24. The van der Waals surface area contributed by atoms with Gasteiger partial charge in [-0.25, -0.2) is 0 Å². The molecule has 7 heteroatoms. The van der Waals surface area contributed by atoms with Crippen molar-refractivity contribution in [2.24, 2.45) is 5.92 Å². The lowest BCUT2D eigenvalue weighted by molar-refractivity contribution is -0.142. The molecule has 0 radical (unpaired) electrons. The Bertz CT molecular complexity index is 882. The Kier molecular flexibility index (Phi) is 3.80. The van der Waals surface area contributed by atoms with Gasteiger partial charge in [-0.2, -0.15) is 5.26 Å². The Morgan fingerprint density at radius 2 is 1.92 bits per heavy atom. The van der Waals surface area contributed by atoms with Crippen LogP contribution in [0.1, 0.15) is 18.4 Å². The highest BCUT2D eigenvalue weighted by atomic mass is 16.6. The SMILES string of the molecule is N#Cc1cnc2cc3c(cc2c1N1CCC(C(=O)O)CC1)OCCO3. The molecule has 0 aliphatic carbocycles. The zero-order valence-electron chi connectivity index (χ0n) is 13.6. The van der Waals surface area contributed by atoms with E-state index in [0.717, 1.165) is 16.6 Å². The molecule has 0 saturated carbocycles. The van der Waals surface area contributed by atoms with E-state index in [1.54, 1.807) is 6.20 Å². The number of nitriles is 1. The molecule has 4 rings (SSSR count). The molecule has 0 bridgehead atoms. The highest BCUT2D eigenvalue weighted by Crippen LogP contribution is 2.39. The predicted octanol–water partition coefficient (Wildman–Crippen LogP) is 2.18. The van der Waals surface area contributed by atoms with Crippen LogP contribution in [0, 0.1) is 17.2 Å². The number of hydrogen-bond donors (Lipinski definition) is 1. The van der Waals surface area contributed by atoms with E-state index in [2.05, 4.69) is 16.0 Å². The van der Waals surface area contributed by atoms with Gasteiger partial charge in [-0.1, -0.05) is 0 Å². The molecule has 128 valence electrons. The van der Waals surface area contributed by atoms with Gasteiger partial charge in [0.1, 0.15) is 19.3 Å². The van der Waals surface area contributed by atoms with Crippen molar-refractivity contribution in [1.29, 1.82) is 5.26 Å². The predicted molar refractivity (Wildman–Crippen MR) is 90.0 cm³/mol. The highest BCUT2D eigenvalue weighted by molar-refractivity contribution is 5.96. The maximum atomic E-state index is 11.2. The minimum atomic E-state index is -0.751. The summed E-state index contributed by atoms with van der Waals surface area (Å²) in [6.07, 6.45) is 2.69. The Labute approximate surface area is 144 Å². The van der Waals surface area contributed by atoms with Crippen LogP contribution >= 0.6 is 0 Å². The van der Waals surface area contributed by atoms with Gasteiger partial charge < -0.3 is 19.5 Å². The molecular weight excluding hydrogens is 322 g/mol. The van der Waals surface area contributed by atoms with Crippen molar-refractivity contribution in [3.63, 3.8) is 0 Å². The molecule has 2 aromatic rings. The number of aromatic nitrogens is 1. The van der Waals surface area contributed by atoms with Gasteiger partial charge in [0, 0.05) is 30.7 Å². The molecule has 2 aliphatic heterocycles. The lowest BCUT2D eigenvalue weighted by Gasteiger charge is -2.33. The van der Waals surface area contributed by atoms with Gasteiger partial charge in [-0.05, 0) is 18.9 Å². The van der Waals surface area contributed by atoms with E-state index in [1.807, 2.05) is 12.1 Å². The summed E-state index contributed by atoms with van der Waals surface area (Å²) in [6.45, 7) is 2.19. The molecule has 0 amide bonds. The lowest BCUT2D eigenvalue weighted by Crippen LogP contribution is -2.36. The number of ether oxygens (including phenoxy) is 2. The molecule has 1 fully saturated rings. The topological polar surface area (TPSA) is 95.7 Å². The molecule has 0 atom stereocenters. The van der Waals surface area contributed by atoms with Crippen molar-refractivity contribution in [2.75, 3.05) is 31.2 Å². The summed E-state index contributed by atoms with van der Waals surface area (Å²) in [6, 6.07) is 5.91. The van der Waals surface area contributed by atoms with E-state index in [1.165, 1.54) is 0 Å². The van der Waals surface area contributed by atoms with E-state index in [4.69, 9.17) is 9.47 Å². The number of nitrogens with zero attached hydrogens (tertiary/aromatic N) is 3. The Hall–Kier alpha value is -3.01. The van der Waals surface area contributed by atoms with Crippen LogP contribution in [0.5, 0.6) is 11.5 Å². The first-order valence-electron chi connectivity index (χ1n) is 8.27. The Morgan fingerprint density at radius 3 is 2.56 bits per heavy atom. The number of pyridine rings is 1. The van der Waals surface area contributed by atoms with Crippen LogP contribution in [0.25, 0.3) is 10.9 Å². The minimum absolute atomic E-state index is 0.320. The lowest BCUT2D eigenvalue weighted by atomic mass is 9.95. The van der Waals surface area contributed by atoms with E-state index < -0.39 is 5.97 Å². The number of hydrogen-bond acceptors (Lipinski definition) is 6. The van der Waals surface area contributed by atoms with Gasteiger partial charge in [0.05, 0.1) is 22.7 Å². The minimum Gasteiger partial charge on any atom is -0.486 e. The van der Waals surface area contributed by atoms with Gasteiger partial charge in [-0.15, -0.1) is 0 Å². The summed E-state index contributed by atoms with van der Waals surface area (Å²) >= 11 is 0. The van der Waals surface area contributed by atoms with Crippen molar-refractivity contribution in [2.45, 2.75) is 12.8 Å². The van der Waals surface area contributed by atoms with Gasteiger partial charge >= 0.3 is 5.97 Å². The van der Waals surface area contributed by atoms with Gasteiger partial charge in [-0.3, -0.25) is 9.78 Å². The fourth-order valence-electron chi connectivity index (χ4n) is 3.49. The molecule has 1 aromatic heterocycles. The summed E-state index contributed by atoms with van der Waals surface area (Å²) in [5, 5.41) is 19.5. The fraction of sp³-hybridized carbons (Fsp3) is 0.389. The first kappa shape index (κ1) is 15.5. The number of piperidine rings is 1. The average molecular weight is 339 g/mol. The molecule has 1 saturated heterocycles. The summed E-state index contributed by atoms with van der Waals surface area (Å²) in [5.74, 6) is 0.238. The molecule has 0 unspecified atom stereocenters. The fourth-order valence-corrected chi connectivity index (χ4v) is 3.49. The number of aliphatic carboxylic acids is 1. The summed E-state index contributed by atoms with van der Waals surface area (Å²) in [5.41, 5.74) is 2.02. The second-order valence-electron chi connectivity index (χ2n) is 6.24. The molecule has 7 nitrogen and oxygen atoms in total. The summed E-state index contributed by atoms with van der Waals surface area (Å²) in [4.78, 5) is 17.6. The van der Waals surface area contributed by atoms with Crippen molar-refractivity contribution < 1.29 is 19.4 Å². The molecule has 1 N–H and O–H groups in total. The van der Waals surface area contributed by atoms with Crippen LogP contribution in [-0.2, 0) is 4.79 Å². The summed E-state index contributed by atoms with van der Waals surface area (Å²) in [7, 11) is 0. The standard InChI is InChI=1S/C18H17N3O4/c19-9-12-10-20-14-8-16-15(24-5-6-25-16)7-13(14)17(12)21-3-1-11(2-4-21)18(22)23/h7-8,10-11H,1-6H2,(H,22,23). The number of anilines is 1. The summed E-state index contributed by atoms with van der Waals surface area (Å²) < 4.78 is 11.3. The Balaban J connectivity index is 1.79. The average Bonchev–Trinajstić information content (AvgIpc) is 2.65. The number of rotatable bonds is 2. The Morgan fingerprint density at radius 1 is 1.24 bits per heavy atom. The number of fused-ring (bicyclic) bond motifs is 2. The first-order chi connectivity index (χ1) is 12.2. The monoisotopic (exact) mass is 339 g/mol. The number of carboxylic acids is 1. The second kappa shape index (κ2) is 6.13. The molecule has 3 heterocycles. The van der Waals surface area contributed by atoms with Gasteiger partial charge in [0.2, 0.25) is 0 Å². The number of benzene rings is 1. The largest absolute Gasteiger partial charge is 0.486 e. The van der Waals surface area contributed by atoms with E-state index >= 15 is 0 Å². The van der Waals surface area contributed by atoms with Crippen molar-refractivity contribution in [3.8, 4) is 17.6 Å². The van der Waals surface area contributed by atoms with Crippen LogP contribution < -0.4 is 14.4 Å². The molecule has 25 heavy (non-hydrogen) atoms. The van der Waals surface area contributed by atoms with Crippen LogP contribution in [0.3, 0.4) is 0 Å². The first-order valence-corrected chi connectivity index (χ1v) is 8.27. The molecule has 0 spiro atoms. The van der Waals surface area contributed by atoms with E-state index in [9.17, 15) is 15.2 Å². The van der Waals surface area contributed by atoms with Crippen molar-refractivity contribution >= 4 is 22.6 Å². The maximum absolute atomic E-state index is 11.2. The van der Waals surface area contributed by atoms with Gasteiger partial charge in [0.15, 0.2) is 11.5 Å². The van der Waals surface area contributed by atoms with Crippen molar-refractivity contribution in [3.05, 3.63) is 23.9 Å². The van der Waals surface area contributed by atoms with Crippen molar-refractivity contribution in [1.82, 2.24) is 4.98 Å². The van der Waals surface area contributed by atoms with Crippen LogP contribution in [0.4, 0.5) is 5.69 Å². The number of carboxylic acid groups (broad SMARTS) is 1. The normalized spacial score (nSPS) is 17.3. The van der Waals surface area contributed by atoms with Gasteiger partial charge in [0.25, 0.3) is 0 Å². The quantitative estimate of drug-likeness (QED) is 0.896. The zero-order valence-corrected chi connectivity index (χ0v) is 13.6. The highest BCUT2D eigenvalue weighted by Gasteiger charge is 2.27. The third kappa shape index (κ3) is 2.70. The van der Waals surface area contributed by atoms with E-state index in [0.29, 0.717) is 56.2 Å². The smallest absolute Gasteiger partial charge is 0.306 e. The zero-order chi connectivity index (χ0) is 17.4. The van der Waals surface area contributed by atoms with E-state index in [-0.39, 0.29) is 5.92 Å². The van der Waals surface area contributed by atoms with Crippen LogP contribution in [-0.4, -0.2) is 42.4 Å².